The summed E-state index contributed by atoms with van der Waals surface area (Å²) in [5, 5.41) is 230. The van der Waals surface area contributed by atoms with Crippen LogP contribution in [0.15, 0.2) is 0 Å². The molecular formula is C48H88O35. The van der Waals surface area contributed by atoms with E-state index in [1.165, 1.54) is 0 Å². The molecule has 35 nitrogen and oxygen atoms in total. The summed E-state index contributed by atoms with van der Waals surface area (Å²) in [5.41, 5.74) is 0. The third kappa shape index (κ3) is 15.3. The molecule has 0 aromatic carbocycles. The highest BCUT2D eigenvalue weighted by Crippen LogP contribution is 2.39. The minimum absolute atomic E-state index is 1.05. The van der Waals surface area contributed by atoms with Crippen LogP contribution in [0.1, 0.15) is 41.5 Å². The van der Waals surface area contributed by atoms with Crippen molar-refractivity contribution in [2.45, 2.75) is 256 Å². The van der Waals surface area contributed by atoms with Crippen LogP contribution in [-0.4, -0.2) is 368 Å². The Balaban J connectivity index is 0.00000204. The van der Waals surface area contributed by atoms with Crippen LogP contribution < -0.4 is 0 Å². The molecule has 14 bridgehead atoms. The lowest BCUT2D eigenvalue weighted by molar-refractivity contribution is -0.396. The van der Waals surface area contributed by atoms with Gasteiger partial charge in [-0.15, -0.1) is 0 Å². The molecule has 21 aliphatic rings. The molecule has 21 rings (SSSR count). The molecule has 35 heteroatoms. The van der Waals surface area contributed by atoms with E-state index < -0.39 is 261 Å². The fourth-order valence-corrected chi connectivity index (χ4v) is 10.4. The van der Waals surface area contributed by atoms with Gasteiger partial charge in [0, 0.05) is 0 Å². The van der Waals surface area contributed by atoms with Crippen molar-refractivity contribution < 1.29 is 174 Å². The molecule has 0 amide bonds. The van der Waals surface area contributed by atoms with E-state index in [1.54, 1.807) is 0 Å². The second kappa shape index (κ2) is 32.9. The van der Waals surface area contributed by atoms with Crippen molar-refractivity contribution in [3.63, 3.8) is 0 Å². The van der Waals surface area contributed by atoms with E-state index >= 15 is 0 Å². The molecule has 35 unspecified atom stereocenters. The fraction of sp³-hybridized carbons (Fsp3) is 1.00. The first-order valence-electron chi connectivity index (χ1n) is 27.6. The maximum absolute atomic E-state index is 11.3. The summed E-state index contributed by atoms with van der Waals surface area (Å²) in [6.45, 7) is 4.67. The minimum Gasteiger partial charge on any atom is -0.394 e. The highest BCUT2D eigenvalue weighted by Gasteiger charge is 2.59. The molecule has 21 N–H and O–H groups in total. The van der Waals surface area contributed by atoms with Gasteiger partial charge in [-0.05, 0) is 0 Å². The minimum atomic E-state index is -2.21. The average Bonchev–Trinajstić information content (AvgIpc) is 3.42. The predicted octanol–water partition coefficient (Wildman–Crippen LogP) is -12.2. The van der Waals surface area contributed by atoms with Gasteiger partial charge in [-0.3, -0.25) is 0 Å². The molecule has 0 saturated carbocycles. The molecule has 0 aromatic rings. The number of aliphatic hydroxyl groups is 21. The van der Waals surface area contributed by atoms with Crippen LogP contribution in [-0.2, 0) is 66.3 Å². The van der Waals surface area contributed by atoms with Gasteiger partial charge in [-0.25, -0.2) is 0 Å². The highest BCUT2D eigenvalue weighted by molar-refractivity contribution is 5.01. The van der Waals surface area contributed by atoms with Crippen LogP contribution in [0.25, 0.3) is 0 Å². The summed E-state index contributed by atoms with van der Waals surface area (Å²) in [4.78, 5) is 0. The van der Waals surface area contributed by atoms with Gasteiger partial charge in [-0.1, -0.05) is 41.5 Å². The van der Waals surface area contributed by atoms with Crippen molar-refractivity contribution in [3.8, 4) is 0 Å². The molecule has 83 heavy (non-hydrogen) atoms. The zero-order valence-electron chi connectivity index (χ0n) is 46.3. The molecule has 490 valence electrons. The second-order valence-corrected chi connectivity index (χ2v) is 19.7. The lowest BCUT2D eigenvalue weighted by Gasteiger charge is -2.50. The SMILES string of the molecule is CC.CC.CC.OCC1OC2OC3C(CO)OC(OC4C(CO)OC(OC5C(CO)OC(OC6C(CO)OC(OC7C(CO)OC(OC8C(CO)OC(OC1C(O)C2O)C(O)C8O)C(O)C7O)C(O)C6O)C(O)C5O)C(O)C4O)C(O)C3O. The van der Waals surface area contributed by atoms with Crippen molar-refractivity contribution in [1.29, 1.82) is 0 Å². The smallest absolute Gasteiger partial charge is 0.187 e. The topological polar surface area (TPSA) is 554 Å². The Hall–Kier alpha value is -1.40. The molecule has 0 aliphatic carbocycles. The molecule has 21 saturated heterocycles. The number of ether oxygens (including phenoxy) is 14. The lowest BCUT2D eigenvalue weighted by Crippen LogP contribution is -2.68. The Kier molecular flexibility index (Phi) is 28.7. The first-order chi connectivity index (χ1) is 39.7. The van der Waals surface area contributed by atoms with Gasteiger partial charge >= 0.3 is 0 Å². The van der Waals surface area contributed by atoms with Crippen molar-refractivity contribution in [3.05, 3.63) is 0 Å². The van der Waals surface area contributed by atoms with Gasteiger partial charge in [0.2, 0.25) is 0 Å². The van der Waals surface area contributed by atoms with Gasteiger partial charge in [0.05, 0.1) is 46.2 Å². The quantitative estimate of drug-likeness (QED) is 0.113. The van der Waals surface area contributed by atoms with Crippen molar-refractivity contribution in [2.75, 3.05) is 46.2 Å². The van der Waals surface area contributed by atoms with E-state index in [4.69, 9.17) is 66.3 Å². The first-order valence-corrected chi connectivity index (χ1v) is 27.6. The Morgan fingerprint density at radius 3 is 0.349 bits per heavy atom. The van der Waals surface area contributed by atoms with Gasteiger partial charge in [0.1, 0.15) is 171 Å². The van der Waals surface area contributed by atoms with Gasteiger partial charge in [-0.2, -0.15) is 0 Å². The van der Waals surface area contributed by atoms with Crippen LogP contribution in [0.4, 0.5) is 0 Å². The van der Waals surface area contributed by atoms with Gasteiger partial charge < -0.3 is 174 Å². The third-order valence-corrected chi connectivity index (χ3v) is 14.8. The van der Waals surface area contributed by atoms with E-state index in [-0.39, 0.29) is 0 Å². The largest absolute Gasteiger partial charge is 0.394 e. The molecular weight excluding hydrogens is 1140 g/mol. The Bertz CT molecular complexity index is 1470. The molecule has 35 atom stereocenters. The van der Waals surface area contributed by atoms with Crippen LogP contribution in [0, 0.1) is 0 Å². The standard InChI is InChI=1S/C42H70O35.3C2H6/c43-1-8-29-15(50)22(57)36(64-8)72-30-9(2-44)66-38(24(59)17(30)52)74-32-11(4-46)68-40(26(61)19(32)54)76-34-13(6-48)70-42(28(63)21(34)56)77-35-14(7-49)69-41(27(62)20(35)55)75-33-12(5-47)67-39(25(60)18(33)53)73-31-10(3-45)65-37(71-29)23(58)16(31)51;3*1-2/h8-63H,1-7H2;3*1-2H3. The highest BCUT2D eigenvalue weighted by atomic mass is 16.8. The fourth-order valence-electron chi connectivity index (χ4n) is 10.4. The molecule has 21 aliphatic heterocycles. The van der Waals surface area contributed by atoms with Crippen LogP contribution in [0.5, 0.6) is 0 Å². The number of rotatable bonds is 7. The molecule has 21 heterocycles. The summed E-state index contributed by atoms with van der Waals surface area (Å²) < 4.78 is 79.5. The van der Waals surface area contributed by atoms with E-state index in [0.717, 1.165) is 0 Å². The van der Waals surface area contributed by atoms with Crippen molar-refractivity contribution >= 4 is 0 Å². The lowest BCUT2D eigenvalue weighted by atomic mass is 9.95. The number of hydrogen-bond acceptors (Lipinski definition) is 35. The zero-order chi connectivity index (χ0) is 62.1. The normalized spacial score (nSPS) is 51.6. The molecule has 21 fully saturated rings. The predicted molar refractivity (Wildman–Crippen MR) is 262 cm³/mol. The van der Waals surface area contributed by atoms with Crippen LogP contribution in [0.3, 0.4) is 0 Å². The van der Waals surface area contributed by atoms with E-state index in [0.29, 0.717) is 0 Å². The maximum atomic E-state index is 11.3. The summed E-state index contributed by atoms with van der Waals surface area (Å²) in [6.07, 6.45) is -70.2. The third-order valence-electron chi connectivity index (χ3n) is 14.8. The Labute approximate surface area is 475 Å². The Morgan fingerprint density at radius 1 is 0.169 bits per heavy atom. The molecule has 0 aromatic heterocycles. The maximum Gasteiger partial charge on any atom is 0.187 e. The number of hydrogen-bond donors (Lipinski definition) is 21. The Morgan fingerprint density at radius 2 is 0.265 bits per heavy atom. The van der Waals surface area contributed by atoms with Gasteiger partial charge in [0.25, 0.3) is 0 Å². The van der Waals surface area contributed by atoms with Crippen molar-refractivity contribution in [2.24, 2.45) is 0 Å². The molecule has 0 spiro atoms. The van der Waals surface area contributed by atoms with E-state index in [9.17, 15) is 107 Å². The summed E-state index contributed by atoms with van der Waals surface area (Å²) in [5.74, 6) is 0. The van der Waals surface area contributed by atoms with E-state index in [2.05, 4.69) is 0 Å². The summed E-state index contributed by atoms with van der Waals surface area (Å²) >= 11 is 0. The van der Waals surface area contributed by atoms with Gasteiger partial charge in [0.15, 0.2) is 44.0 Å². The summed E-state index contributed by atoms with van der Waals surface area (Å²) in [6, 6.07) is 0. The van der Waals surface area contributed by atoms with Crippen LogP contribution >= 0.6 is 0 Å². The average molecular weight is 1230 g/mol. The first kappa shape index (κ1) is 72.3. The van der Waals surface area contributed by atoms with E-state index in [1.807, 2.05) is 41.5 Å². The molecule has 0 radical (unpaired) electrons. The number of aliphatic hydroxyl groups excluding tert-OH is 21. The van der Waals surface area contributed by atoms with Crippen molar-refractivity contribution in [1.82, 2.24) is 0 Å². The second-order valence-electron chi connectivity index (χ2n) is 19.7. The monoisotopic (exact) mass is 1220 g/mol. The summed E-state index contributed by atoms with van der Waals surface area (Å²) in [7, 11) is 0. The van der Waals surface area contributed by atoms with Crippen LogP contribution in [0.2, 0.25) is 0 Å². The zero-order valence-corrected chi connectivity index (χ0v) is 46.3.